The second kappa shape index (κ2) is 11.8. The van der Waals surface area contributed by atoms with Gasteiger partial charge in [0.25, 0.3) is 0 Å². The average Bonchev–Trinajstić information content (AvgIpc) is 2.82. The van der Waals surface area contributed by atoms with Crippen molar-refractivity contribution in [1.29, 1.82) is 0 Å². The molecule has 0 saturated heterocycles. The maximum absolute atomic E-state index is 12.3. The lowest BCUT2D eigenvalue weighted by molar-refractivity contribution is -0.207. The highest BCUT2D eigenvalue weighted by molar-refractivity contribution is 5.87. The lowest BCUT2D eigenvalue weighted by Crippen LogP contribution is -2.58. The Morgan fingerprint density at radius 3 is 2.38 bits per heavy atom. The summed E-state index contributed by atoms with van der Waals surface area (Å²) in [7, 11) is 0. The van der Waals surface area contributed by atoms with Crippen LogP contribution in [0.2, 0.25) is 0 Å². The van der Waals surface area contributed by atoms with Crippen molar-refractivity contribution >= 4 is 18.0 Å². The molecular formula is C26H30O8. The third-order valence-corrected chi connectivity index (χ3v) is 5.89. The summed E-state index contributed by atoms with van der Waals surface area (Å²) in [6.45, 7) is 0.156. The zero-order valence-electron chi connectivity index (χ0n) is 18.7. The van der Waals surface area contributed by atoms with Crippen molar-refractivity contribution < 1.29 is 39.5 Å². The number of hydrogen-bond donors (Lipinski definition) is 4. The summed E-state index contributed by atoms with van der Waals surface area (Å²) < 4.78 is 11.0. The van der Waals surface area contributed by atoms with Gasteiger partial charge < -0.3 is 29.9 Å². The number of benzene rings is 2. The topological polar surface area (TPSA) is 134 Å². The monoisotopic (exact) mass is 470 g/mol. The molecule has 2 aromatic rings. The molecule has 0 heterocycles. The second-order valence-electron chi connectivity index (χ2n) is 8.46. The number of aliphatic hydroxyl groups excluding tert-OH is 2. The molecule has 0 aliphatic heterocycles. The van der Waals surface area contributed by atoms with E-state index in [-0.39, 0.29) is 25.2 Å². The van der Waals surface area contributed by atoms with Gasteiger partial charge >= 0.3 is 11.9 Å². The van der Waals surface area contributed by atoms with Crippen LogP contribution in [-0.2, 0) is 25.5 Å². The number of carboxylic acid groups (broad SMARTS) is 1. The standard InChI is InChI=1S/C26H30O8/c27-20-12-9-19(10-13-20)11-14-23(29)34-22-17-26(25(31)32,16-21(28)24(22)30)33-15-5-4-8-18-6-2-1-3-7-18/h1-3,6-7,9-14,21-22,24,27-28,30H,4-5,8,15-17H2,(H,31,32)/t21-,22+,24+,26-/m0/s1. The van der Waals surface area contributed by atoms with E-state index in [4.69, 9.17) is 9.47 Å². The summed E-state index contributed by atoms with van der Waals surface area (Å²) in [4.78, 5) is 24.4. The van der Waals surface area contributed by atoms with Crippen LogP contribution in [0, 0.1) is 0 Å². The molecule has 3 rings (SSSR count). The largest absolute Gasteiger partial charge is 0.508 e. The summed E-state index contributed by atoms with van der Waals surface area (Å²) >= 11 is 0. The molecule has 8 heteroatoms. The minimum absolute atomic E-state index is 0.0871. The molecule has 1 aliphatic carbocycles. The Balaban J connectivity index is 1.57. The van der Waals surface area contributed by atoms with Crippen LogP contribution in [-0.4, -0.2) is 62.9 Å². The van der Waals surface area contributed by atoms with Crippen molar-refractivity contribution in [2.45, 2.75) is 56.0 Å². The summed E-state index contributed by atoms with van der Waals surface area (Å²) in [5.74, 6) is -1.99. The molecule has 1 aliphatic rings. The van der Waals surface area contributed by atoms with Crippen LogP contribution in [0.1, 0.15) is 36.8 Å². The van der Waals surface area contributed by atoms with Crippen molar-refractivity contribution in [3.05, 3.63) is 71.8 Å². The molecule has 0 bridgehead atoms. The number of phenolic OH excluding ortho intramolecular Hbond substituents is 1. The maximum atomic E-state index is 12.3. The van der Waals surface area contributed by atoms with Crippen LogP contribution in [0.4, 0.5) is 0 Å². The zero-order chi connectivity index (χ0) is 24.6. The third kappa shape index (κ3) is 6.90. The third-order valence-electron chi connectivity index (χ3n) is 5.89. The Kier molecular flexibility index (Phi) is 8.81. The second-order valence-corrected chi connectivity index (χ2v) is 8.46. The molecule has 1 fully saturated rings. The fraction of sp³-hybridized carbons (Fsp3) is 0.385. The fourth-order valence-corrected chi connectivity index (χ4v) is 3.98. The van der Waals surface area contributed by atoms with Crippen molar-refractivity contribution in [2.75, 3.05) is 6.61 Å². The van der Waals surface area contributed by atoms with Crippen LogP contribution >= 0.6 is 0 Å². The van der Waals surface area contributed by atoms with E-state index in [1.54, 1.807) is 12.1 Å². The van der Waals surface area contributed by atoms with Gasteiger partial charge in [0, 0.05) is 25.5 Å². The molecule has 4 N–H and O–H groups in total. The lowest BCUT2D eigenvalue weighted by Gasteiger charge is -2.41. The first kappa shape index (κ1) is 25.4. The van der Waals surface area contributed by atoms with E-state index >= 15 is 0 Å². The number of carbonyl (C=O) groups is 2. The Labute approximate surface area is 198 Å². The van der Waals surface area contributed by atoms with E-state index in [1.807, 2.05) is 30.3 Å². The highest BCUT2D eigenvalue weighted by Gasteiger charge is 2.52. The molecule has 4 atom stereocenters. The van der Waals surface area contributed by atoms with Crippen LogP contribution < -0.4 is 0 Å². The molecule has 8 nitrogen and oxygen atoms in total. The van der Waals surface area contributed by atoms with E-state index in [0.29, 0.717) is 12.0 Å². The molecule has 34 heavy (non-hydrogen) atoms. The van der Waals surface area contributed by atoms with E-state index in [1.165, 1.54) is 23.8 Å². The summed E-state index contributed by atoms with van der Waals surface area (Å²) in [5, 5.41) is 39.8. The van der Waals surface area contributed by atoms with Crippen LogP contribution in [0.25, 0.3) is 6.08 Å². The van der Waals surface area contributed by atoms with E-state index in [2.05, 4.69) is 0 Å². The van der Waals surface area contributed by atoms with Crippen LogP contribution in [0.5, 0.6) is 5.75 Å². The number of aliphatic carboxylic acids is 1. The van der Waals surface area contributed by atoms with Gasteiger partial charge in [0.05, 0.1) is 6.10 Å². The molecule has 2 aromatic carbocycles. The van der Waals surface area contributed by atoms with Gasteiger partial charge in [0.1, 0.15) is 18.0 Å². The number of aliphatic hydroxyl groups is 2. The van der Waals surface area contributed by atoms with Gasteiger partial charge in [-0.05, 0) is 48.6 Å². The van der Waals surface area contributed by atoms with Gasteiger partial charge in [-0.25, -0.2) is 9.59 Å². The first-order valence-electron chi connectivity index (χ1n) is 11.2. The van der Waals surface area contributed by atoms with Crippen molar-refractivity contribution in [2.24, 2.45) is 0 Å². The number of carbonyl (C=O) groups excluding carboxylic acids is 1. The van der Waals surface area contributed by atoms with Crippen molar-refractivity contribution in [3.63, 3.8) is 0 Å². The minimum atomic E-state index is -1.77. The summed E-state index contributed by atoms with van der Waals surface area (Å²) in [6, 6.07) is 16.0. The Bertz CT molecular complexity index is 972. The number of rotatable bonds is 10. The molecular weight excluding hydrogens is 440 g/mol. The van der Waals surface area contributed by atoms with Gasteiger partial charge in [-0.15, -0.1) is 0 Å². The molecule has 0 unspecified atom stereocenters. The Morgan fingerprint density at radius 2 is 1.71 bits per heavy atom. The number of unbranched alkanes of at least 4 members (excludes halogenated alkanes) is 1. The van der Waals surface area contributed by atoms with E-state index in [9.17, 15) is 30.0 Å². The van der Waals surface area contributed by atoms with Crippen LogP contribution in [0.15, 0.2) is 60.7 Å². The molecule has 0 radical (unpaired) electrons. The van der Waals surface area contributed by atoms with Gasteiger partial charge in [0.2, 0.25) is 0 Å². The number of phenols is 1. The van der Waals surface area contributed by atoms with Crippen molar-refractivity contribution in [1.82, 2.24) is 0 Å². The zero-order valence-corrected chi connectivity index (χ0v) is 18.7. The summed E-state index contributed by atoms with van der Waals surface area (Å²) in [6.07, 6.45) is 0.146. The summed E-state index contributed by atoms with van der Waals surface area (Å²) in [5.41, 5.74) is 0.0495. The first-order chi connectivity index (χ1) is 16.3. The SMILES string of the molecule is O=C(C=Cc1ccc(O)cc1)O[C@@H]1C[C@](OCCCCc2ccccc2)(C(=O)O)C[C@H](O)[C@H]1O. The number of carboxylic acids is 1. The normalized spacial score (nSPS) is 24.7. The molecule has 182 valence electrons. The average molecular weight is 471 g/mol. The number of esters is 1. The smallest absolute Gasteiger partial charge is 0.336 e. The molecule has 1 saturated carbocycles. The number of hydrogen-bond acceptors (Lipinski definition) is 7. The highest BCUT2D eigenvalue weighted by Crippen LogP contribution is 2.35. The quantitative estimate of drug-likeness (QED) is 0.237. The van der Waals surface area contributed by atoms with Gasteiger partial charge in [-0.3, -0.25) is 0 Å². The first-order valence-corrected chi connectivity index (χ1v) is 11.2. The van der Waals surface area contributed by atoms with Gasteiger partial charge in [-0.2, -0.15) is 0 Å². The fourth-order valence-electron chi connectivity index (χ4n) is 3.98. The van der Waals surface area contributed by atoms with Gasteiger partial charge in [0.15, 0.2) is 5.60 Å². The number of aryl methyl sites for hydroxylation is 1. The predicted octanol–water partition coefficient (Wildman–Crippen LogP) is 2.70. The molecule has 0 amide bonds. The van der Waals surface area contributed by atoms with Gasteiger partial charge in [-0.1, -0.05) is 42.5 Å². The Morgan fingerprint density at radius 1 is 1.00 bits per heavy atom. The minimum Gasteiger partial charge on any atom is -0.508 e. The van der Waals surface area contributed by atoms with Crippen LogP contribution in [0.3, 0.4) is 0 Å². The molecule has 0 spiro atoms. The van der Waals surface area contributed by atoms with E-state index < -0.39 is 35.9 Å². The number of aromatic hydroxyl groups is 1. The Hall–Kier alpha value is -3.20. The van der Waals surface area contributed by atoms with E-state index in [0.717, 1.165) is 18.9 Å². The maximum Gasteiger partial charge on any atom is 0.336 e. The van der Waals surface area contributed by atoms with Crippen molar-refractivity contribution in [3.8, 4) is 5.75 Å². The predicted molar refractivity (Wildman–Crippen MR) is 124 cm³/mol. The molecule has 0 aromatic heterocycles. The highest BCUT2D eigenvalue weighted by atomic mass is 16.6. The number of ether oxygens (including phenoxy) is 2. The lowest BCUT2D eigenvalue weighted by atomic mass is 9.79.